The topological polar surface area (TPSA) is 188 Å². The van der Waals surface area contributed by atoms with Crippen LogP contribution in [0.15, 0.2) is 48.5 Å². The van der Waals surface area contributed by atoms with Crippen LogP contribution in [-0.4, -0.2) is 32.9 Å². The second kappa shape index (κ2) is 9.44. The molecular weight excluding hydrogens is 450 g/mol. The highest BCUT2D eigenvalue weighted by atomic mass is 16.2. The smallest absolute Gasteiger partial charge is 0.273 e. The van der Waals surface area contributed by atoms with E-state index in [0.29, 0.717) is 35.6 Å². The van der Waals surface area contributed by atoms with E-state index in [1.165, 1.54) is 6.92 Å². The number of hydrogen-bond donors (Lipinski definition) is 5. The van der Waals surface area contributed by atoms with Crippen molar-refractivity contribution in [3.8, 4) is 6.07 Å². The molecule has 35 heavy (non-hydrogen) atoms. The molecular formula is C23H21N9O3. The zero-order valence-electron chi connectivity index (χ0n) is 18.6. The van der Waals surface area contributed by atoms with E-state index in [-0.39, 0.29) is 29.3 Å². The maximum atomic E-state index is 12.2. The van der Waals surface area contributed by atoms with Crippen LogP contribution in [0.3, 0.4) is 0 Å². The van der Waals surface area contributed by atoms with Gasteiger partial charge in [-0.25, -0.2) is 0 Å². The summed E-state index contributed by atoms with van der Waals surface area (Å²) in [4.78, 5) is 39.7. The minimum absolute atomic E-state index is 0.0752. The van der Waals surface area contributed by atoms with Crippen molar-refractivity contribution in [2.45, 2.75) is 19.8 Å². The number of nitriles is 1. The summed E-state index contributed by atoms with van der Waals surface area (Å²) < 4.78 is 0. The van der Waals surface area contributed by atoms with Crippen LogP contribution >= 0.6 is 0 Å². The Kier molecular flexibility index (Phi) is 6.23. The number of hydrogen-bond acceptors (Lipinski definition) is 9. The van der Waals surface area contributed by atoms with Gasteiger partial charge in [0.05, 0.1) is 6.07 Å². The fourth-order valence-electron chi connectivity index (χ4n) is 3.18. The molecule has 1 aromatic heterocycles. The largest absolute Gasteiger partial charge is 0.364 e. The standard InChI is InChI=1S/C23H21N9O3/c1-13(33)26-16-3-2-4-17(11-16)29-22-30-20(18(19(25)34)31-32-22)27-14-5-7-15(8-6-14)28-21(35)23(12-24)9-10-23/h2-8,11H,9-10H2,1H3,(H2,25,34)(H,26,33)(H,28,35)(H2,27,29,30,32). The lowest BCUT2D eigenvalue weighted by atomic mass is 10.1. The van der Waals surface area contributed by atoms with Crippen LogP contribution in [0.25, 0.3) is 0 Å². The predicted molar refractivity (Wildman–Crippen MR) is 128 cm³/mol. The number of nitrogens with zero attached hydrogens (tertiary/aromatic N) is 4. The lowest BCUT2D eigenvalue weighted by Gasteiger charge is -2.12. The molecule has 1 fully saturated rings. The molecule has 0 aliphatic heterocycles. The summed E-state index contributed by atoms with van der Waals surface area (Å²) in [5.74, 6) is -1.18. The minimum Gasteiger partial charge on any atom is -0.364 e. The Balaban J connectivity index is 1.50. The molecule has 176 valence electrons. The summed E-state index contributed by atoms with van der Waals surface area (Å²) in [7, 11) is 0. The first-order valence-corrected chi connectivity index (χ1v) is 10.6. The van der Waals surface area contributed by atoms with Crippen molar-refractivity contribution in [1.82, 2.24) is 15.2 Å². The summed E-state index contributed by atoms with van der Waals surface area (Å²) in [5, 5.41) is 28.3. The van der Waals surface area contributed by atoms with Gasteiger partial charge in [0, 0.05) is 29.7 Å². The van der Waals surface area contributed by atoms with Gasteiger partial charge in [-0.15, -0.1) is 10.2 Å². The molecule has 12 nitrogen and oxygen atoms in total. The molecule has 2 aromatic carbocycles. The minimum atomic E-state index is -0.926. The van der Waals surface area contributed by atoms with Crippen LogP contribution in [0.5, 0.6) is 0 Å². The van der Waals surface area contributed by atoms with Gasteiger partial charge >= 0.3 is 0 Å². The van der Waals surface area contributed by atoms with Gasteiger partial charge in [-0.05, 0) is 55.3 Å². The molecule has 0 saturated heterocycles. The van der Waals surface area contributed by atoms with Gasteiger partial charge in [-0.3, -0.25) is 14.4 Å². The molecule has 1 aliphatic carbocycles. The highest BCUT2D eigenvalue weighted by Crippen LogP contribution is 2.45. The first kappa shape index (κ1) is 23.1. The Hall–Kier alpha value is -5.05. The highest BCUT2D eigenvalue weighted by molar-refractivity contribution is 5.99. The van der Waals surface area contributed by atoms with Crippen LogP contribution in [0, 0.1) is 16.7 Å². The Morgan fingerprint density at radius 2 is 1.63 bits per heavy atom. The Bertz CT molecular complexity index is 1350. The van der Waals surface area contributed by atoms with Crippen molar-refractivity contribution in [3.63, 3.8) is 0 Å². The van der Waals surface area contributed by atoms with E-state index >= 15 is 0 Å². The number of rotatable bonds is 8. The molecule has 1 saturated carbocycles. The number of carbonyl (C=O) groups is 3. The lowest BCUT2D eigenvalue weighted by Crippen LogP contribution is -2.22. The van der Waals surface area contributed by atoms with Crippen molar-refractivity contribution < 1.29 is 14.4 Å². The zero-order chi connectivity index (χ0) is 25.0. The van der Waals surface area contributed by atoms with Crippen molar-refractivity contribution in [1.29, 1.82) is 5.26 Å². The summed E-state index contributed by atoms with van der Waals surface area (Å²) in [5.41, 5.74) is 6.57. The van der Waals surface area contributed by atoms with E-state index in [1.807, 2.05) is 0 Å². The van der Waals surface area contributed by atoms with Gasteiger partial charge in [0.2, 0.25) is 17.8 Å². The molecule has 0 spiro atoms. The molecule has 3 amide bonds. The molecule has 4 rings (SSSR count). The lowest BCUT2D eigenvalue weighted by molar-refractivity contribution is -0.119. The maximum absolute atomic E-state index is 12.2. The summed E-state index contributed by atoms with van der Waals surface area (Å²) in [6, 6.07) is 15.6. The third kappa shape index (κ3) is 5.48. The predicted octanol–water partition coefficient (Wildman–Crippen LogP) is 2.66. The molecule has 6 N–H and O–H groups in total. The Labute approximate surface area is 200 Å². The van der Waals surface area contributed by atoms with Crippen LogP contribution < -0.4 is 27.0 Å². The number of carbonyl (C=O) groups excluding carboxylic acids is 3. The molecule has 12 heteroatoms. The normalized spacial score (nSPS) is 13.1. The molecule has 1 aliphatic rings. The van der Waals surface area contributed by atoms with E-state index in [0.717, 1.165) is 0 Å². The van der Waals surface area contributed by atoms with Gasteiger partial charge < -0.3 is 27.0 Å². The van der Waals surface area contributed by atoms with Crippen molar-refractivity contribution in [3.05, 3.63) is 54.2 Å². The van der Waals surface area contributed by atoms with Crippen LogP contribution in [-0.2, 0) is 9.59 Å². The number of benzene rings is 2. The van der Waals surface area contributed by atoms with Crippen molar-refractivity contribution in [2.75, 3.05) is 21.3 Å². The molecule has 3 aromatic rings. The Morgan fingerprint density at radius 3 is 2.26 bits per heavy atom. The van der Waals surface area contributed by atoms with E-state index in [4.69, 9.17) is 11.0 Å². The van der Waals surface area contributed by atoms with E-state index in [2.05, 4.69) is 42.5 Å². The SMILES string of the molecule is CC(=O)Nc1cccc(Nc2nnc(C(N)=O)c(Nc3ccc(NC(=O)C4(C#N)CC4)cc3)n2)c1. The highest BCUT2D eigenvalue weighted by Gasteiger charge is 2.50. The van der Waals surface area contributed by atoms with Gasteiger partial charge in [-0.1, -0.05) is 6.07 Å². The van der Waals surface area contributed by atoms with E-state index < -0.39 is 11.3 Å². The fraction of sp³-hybridized carbons (Fsp3) is 0.174. The van der Waals surface area contributed by atoms with Gasteiger partial charge in [0.1, 0.15) is 5.41 Å². The third-order valence-electron chi connectivity index (χ3n) is 5.16. The van der Waals surface area contributed by atoms with E-state index in [1.54, 1.807) is 48.5 Å². The second-order valence-electron chi connectivity index (χ2n) is 7.93. The number of nitrogens with one attached hydrogen (secondary N) is 4. The molecule has 0 atom stereocenters. The van der Waals surface area contributed by atoms with Crippen LogP contribution in [0.1, 0.15) is 30.3 Å². The number of nitrogens with two attached hydrogens (primary N) is 1. The monoisotopic (exact) mass is 471 g/mol. The Morgan fingerprint density at radius 1 is 0.943 bits per heavy atom. The van der Waals surface area contributed by atoms with Crippen LogP contribution in [0.2, 0.25) is 0 Å². The average molecular weight is 471 g/mol. The molecule has 0 unspecified atom stereocenters. The molecule has 0 bridgehead atoms. The zero-order valence-corrected chi connectivity index (χ0v) is 18.6. The van der Waals surface area contributed by atoms with Gasteiger partial charge in [-0.2, -0.15) is 10.2 Å². The number of amides is 3. The van der Waals surface area contributed by atoms with Crippen molar-refractivity contribution in [2.24, 2.45) is 11.1 Å². The van der Waals surface area contributed by atoms with E-state index in [9.17, 15) is 14.4 Å². The fourth-order valence-corrected chi connectivity index (χ4v) is 3.18. The summed E-state index contributed by atoms with van der Waals surface area (Å²) in [6.07, 6.45) is 1.11. The van der Waals surface area contributed by atoms with Crippen LogP contribution in [0.4, 0.5) is 34.5 Å². The molecule has 0 radical (unpaired) electrons. The van der Waals surface area contributed by atoms with Crippen molar-refractivity contribution >= 4 is 52.2 Å². The second-order valence-corrected chi connectivity index (χ2v) is 7.93. The number of primary amides is 1. The summed E-state index contributed by atoms with van der Waals surface area (Å²) in [6.45, 7) is 1.41. The maximum Gasteiger partial charge on any atom is 0.273 e. The third-order valence-corrected chi connectivity index (χ3v) is 5.16. The first-order chi connectivity index (χ1) is 16.8. The van der Waals surface area contributed by atoms with Gasteiger partial charge in [0.15, 0.2) is 11.5 Å². The number of anilines is 6. The summed E-state index contributed by atoms with van der Waals surface area (Å²) >= 11 is 0. The quantitative estimate of drug-likeness (QED) is 0.329. The average Bonchev–Trinajstić information content (AvgIpc) is 3.62. The first-order valence-electron chi connectivity index (χ1n) is 10.6. The van der Waals surface area contributed by atoms with Gasteiger partial charge in [0.25, 0.3) is 5.91 Å². The number of aromatic nitrogens is 3. The molecule has 1 heterocycles.